The summed E-state index contributed by atoms with van der Waals surface area (Å²) in [6.45, 7) is 6.19. The van der Waals surface area contributed by atoms with E-state index < -0.39 is 0 Å². The predicted molar refractivity (Wildman–Crippen MR) is 84.3 cm³/mol. The number of halogens is 1. The summed E-state index contributed by atoms with van der Waals surface area (Å²) in [5, 5.41) is 13.6. The van der Waals surface area contributed by atoms with Gasteiger partial charge in [-0.2, -0.15) is 0 Å². The maximum absolute atomic E-state index is 9.61. The molecule has 0 amide bonds. The van der Waals surface area contributed by atoms with Crippen molar-refractivity contribution in [3.63, 3.8) is 0 Å². The highest BCUT2D eigenvalue weighted by Gasteiger charge is 2.24. The number of ether oxygens (including phenoxy) is 2. The number of hydrogen-bond acceptors (Lipinski definition) is 4. The Morgan fingerprint density at radius 1 is 1.24 bits per heavy atom. The van der Waals surface area contributed by atoms with Gasteiger partial charge in [0.1, 0.15) is 0 Å². The quantitative estimate of drug-likeness (QED) is 0.847. The van der Waals surface area contributed by atoms with Crippen LogP contribution in [0.25, 0.3) is 0 Å². The third-order valence-electron chi connectivity index (χ3n) is 4.19. The van der Waals surface area contributed by atoms with Crippen LogP contribution in [0.15, 0.2) is 12.1 Å². The fraction of sp³-hybridized carbons (Fsp3) is 0.625. The van der Waals surface area contributed by atoms with Crippen LogP contribution >= 0.6 is 11.6 Å². The molecule has 118 valence electrons. The number of benzene rings is 1. The van der Waals surface area contributed by atoms with Crippen molar-refractivity contribution >= 4 is 11.6 Å². The molecular formula is C16H24ClNO3. The maximum Gasteiger partial charge on any atom is 0.179 e. The summed E-state index contributed by atoms with van der Waals surface area (Å²) in [7, 11) is 0. The predicted octanol–water partition coefficient (Wildman–Crippen LogP) is 3.14. The number of aliphatic hydroxyl groups is 1. The van der Waals surface area contributed by atoms with Crippen LogP contribution in [-0.4, -0.2) is 30.5 Å². The van der Waals surface area contributed by atoms with Crippen LogP contribution in [0.5, 0.6) is 11.5 Å². The van der Waals surface area contributed by atoms with Gasteiger partial charge in [-0.25, -0.2) is 0 Å². The molecule has 2 N–H and O–H groups in total. The summed E-state index contributed by atoms with van der Waals surface area (Å²) < 4.78 is 11.3. The Balaban J connectivity index is 2.14. The molecule has 1 aromatic carbocycles. The molecule has 0 atom stereocenters. The molecule has 1 aliphatic heterocycles. The van der Waals surface area contributed by atoms with Crippen molar-refractivity contribution < 1.29 is 14.6 Å². The summed E-state index contributed by atoms with van der Waals surface area (Å²) in [6, 6.07) is 3.86. The first kappa shape index (κ1) is 16.4. The highest BCUT2D eigenvalue weighted by Crippen LogP contribution is 2.38. The average molecular weight is 314 g/mol. The lowest BCUT2D eigenvalue weighted by Gasteiger charge is -2.31. The molecule has 0 saturated carbocycles. The Labute approximate surface area is 131 Å². The first-order valence-electron chi connectivity index (χ1n) is 7.58. The molecule has 0 aliphatic carbocycles. The van der Waals surface area contributed by atoms with Crippen LogP contribution in [0.3, 0.4) is 0 Å². The number of nitrogens with one attached hydrogen (secondary N) is 1. The molecule has 2 rings (SSSR count). The molecule has 5 heteroatoms. The number of rotatable bonds is 6. The zero-order valence-corrected chi connectivity index (χ0v) is 13.5. The van der Waals surface area contributed by atoms with Gasteiger partial charge in [-0.15, -0.1) is 0 Å². The monoisotopic (exact) mass is 313 g/mol. The van der Waals surface area contributed by atoms with E-state index in [4.69, 9.17) is 21.1 Å². The molecule has 0 radical (unpaired) electrons. The van der Waals surface area contributed by atoms with Crippen molar-refractivity contribution in [3.05, 3.63) is 22.7 Å². The van der Waals surface area contributed by atoms with Gasteiger partial charge in [0.25, 0.3) is 0 Å². The summed E-state index contributed by atoms with van der Waals surface area (Å²) >= 11 is 6.29. The second-order valence-corrected chi connectivity index (χ2v) is 5.86. The third kappa shape index (κ3) is 3.82. The minimum Gasteiger partial charge on any atom is -0.489 e. The maximum atomic E-state index is 9.61. The summed E-state index contributed by atoms with van der Waals surface area (Å²) in [4.78, 5) is 0. The second-order valence-electron chi connectivity index (χ2n) is 5.45. The van der Waals surface area contributed by atoms with Gasteiger partial charge in [-0.05, 0) is 30.5 Å². The molecule has 0 fully saturated rings. The minimum atomic E-state index is -0.239. The van der Waals surface area contributed by atoms with E-state index >= 15 is 0 Å². The van der Waals surface area contributed by atoms with E-state index in [1.54, 1.807) is 0 Å². The number of fused-ring (bicyclic) bond motifs is 1. The molecule has 1 heterocycles. The lowest BCUT2D eigenvalue weighted by atomic mass is 9.93. The molecular weight excluding hydrogens is 290 g/mol. The highest BCUT2D eigenvalue weighted by molar-refractivity contribution is 6.32. The van der Waals surface area contributed by atoms with Gasteiger partial charge in [0, 0.05) is 18.5 Å². The van der Waals surface area contributed by atoms with Crippen molar-refractivity contribution in [1.82, 2.24) is 5.32 Å². The molecule has 4 nitrogen and oxygen atoms in total. The van der Waals surface area contributed by atoms with Gasteiger partial charge in [0.15, 0.2) is 11.5 Å². The second kappa shape index (κ2) is 7.34. The van der Waals surface area contributed by atoms with Crippen molar-refractivity contribution in [2.75, 3.05) is 19.8 Å². The zero-order valence-electron chi connectivity index (χ0n) is 12.7. The van der Waals surface area contributed by atoms with E-state index in [9.17, 15) is 5.11 Å². The average Bonchev–Trinajstić information content (AvgIpc) is 2.75. The van der Waals surface area contributed by atoms with E-state index in [2.05, 4.69) is 19.2 Å². The fourth-order valence-corrected chi connectivity index (χ4v) is 2.74. The highest BCUT2D eigenvalue weighted by atomic mass is 35.5. The summed E-state index contributed by atoms with van der Waals surface area (Å²) in [6.07, 6.45) is 2.61. The van der Waals surface area contributed by atoms with Crippen LogP contribution in [0.4, 0.5) is 0 Å². The molecule has 1 aromatic rings. The minimum absolute atomic E-state index is 0.123. The van der Waals surface area contributed by atoms with Gasteiger partial charge in [0.2, 0.25) is 0 Å². The summed E-state index contributed by atoms with van der Waals surface area (Å²) in [5.41, 5.74) is 0.792. The van der Waals surface area contributed by atoms with Crippen molar-refractivity contribution in [3.8, 4) is 11.5 Å². The molecule has 21 heavy (non-hydrogen) atoms. The Hall–Kier alpha value is -0.970. The molecule has 0 spiro atoms. The van der Waals surface area contributed by atoms with E-state index in [1.165, 1.54) is 0 Å². The van der Waals surface area contributed by atoms with E-state index in [0.717, 1.165) is 24.8 Å². The Morgan fingerprint density at radius 2 is 1.95 bits per heavy atom. The molecule has 1 aliphatic rings. The van der Waals surface area contributed by atoms with Crippen molar-refractivity contribution in [2.45, 2.75) is 45.2 Å². The topological polar surface area (TPSA) is 50.7 Å². The Bertz CT molecular complexity index is 467. The van der Waals surface area contributed by atoms with Crippen LogP contribution in [0, 0.1) is 0 Å². The fourth-order valence-electron chi connectivity index (χ4n) is 2.46. The van der Waals surface area contributed by atoms with Gasteiger partial charge in [-0.3, -0.25) is 0 Å². The van der Waals surface area contributed by atoms with E-state index in [-0.39, 0.29) is 12.1 Å². The van der Waals surface area contributed by atoms with Gasteiger partial charge in [0.05, 0.1) is 24.8 Å². The first-order chi connectivity index (χ1) is 10.1. The van der Waals surface area contributed by atoms with Gasteiger partial charge in [-0.1, -0.05) is 25.4 Å². The lowest BCUT2D eigenvalue weighted by molar-refractivity contribution is 0.149. The number of hydrogen-bond donors (Lipinski definition) is 2. The Kier molecular flexibility index (Phi) is 5.73. The first-order valence-corrected chi connectivity index (χ1v) is 7.96. The Morgan fingerprint density at radius 3 is 2.62 bits per heavy atom. The van der Waals surface area contributed by atoms with Crippen molar-refractivity contribution in [1.29, 1.82) is 0 Å². The molecule has 0 saturated heterocycles. The van der Waals surface area contributed by atoms with Crippen molar-refractivity contribution in [2.24, 2.45) is 0 Å². The normalized spacial score (nSPS) is 14.9. The molecule has 0 aromatic heterocycles. The molecule has 0 unspecified atom stereocenters. The zero-order chi connectivity index (χ0) is 15.3. The van der Waals surface area contributed by atoms with E-state index in [0.29, 0.717) is 36.3 Å². The van der Waals surface area contributed by atoms with Gasteiger partial charge < -0.3 is 19.9 Å². The SMILES string of the molecule is CCC(CC)(CO)NCc1cc(Cl)c2c(c1)OCCCO2. The largest absolute Gasteiger partial charge is 0.489 e. The molecule has 0 bridgehead atoms. The smallest absolute Gasteiger partial charge is 0.179 e. The van der Waals surface area contributed by atoms with Crippen LogP contribution in [0.1, 0.15) is 38.7 Å². The van der Waals surface area contributed by atoms with Gasteiger partial charge >= 0.3 is 0 Å². The van der Waals surface area contributed by atoms with Crippen LogP contribution in [-0.2, 0) is 6.54 Å². The number of aliphatic hydroxyl groups excluding tert-OH is 1. The van der Waals surface area contributed by atoms with E-state index in [1.807, 2.05) is 12.1 Å². The third-order valence-corrected chi connectivity index (χ3v) is 4.47. The standard InChI is InChI=1S/C16H24ClNO3/c1-3-16(4-2,11-19)18-10-12-8-13(17)15-14(9-12)20-6-5-7-21-15/h8-9,18-19H,3-7,10-11H2,1-2H3. The summed E-state index contributed by atoms with van der Waals surface area (Å²) in [5.74, 6) is 1.34. The van der Waals surface area contributed by atoms with Crippen LogP contribution < -0.4 is 14.8 Å². The lowest BCUT2D eigenvalue weighted by Crippen LogP contribution is -2.47. The van der Waals surface area contributed by atoms with Crippen LogP contribution in [0.2, 0.25) is 5.02 Å².